The molecule has 0 aliphatic carbocycles. The van der Waals surface area contributed by atoms with Crippen molar-refractivity contribution >= 4 is 35.1 Å². The van der Waals surface area contributed by atoms with Crippen LogP contribution in [-0.4, -0.2) is 31.5 Å². The number of benzene rings is 2. The Bertz CT molecular complexity index is 885. The summed E-state index contributed by atoms with van der Waals surface area (Å²) < 4.78 is 9.96. The fraction of sp³-hybridized carbons (Fsp3) is 0.167. The van der Waals surface area contributed by atoms with Crippen LogP contribution in [0.5, 0.6) is 5.75 Å². The van der Waals surface area contributed by atoms with Crippen LogP contribution < -0.4 is 21.3 Å². The van der Waals surface area contributed by atoms with Crippen molar-refractivity contribution in [3.63, 3.8) is 0 Å². The summed E-state index contributed by atoms with van der Waals surface area (Å²) in [5.41, 5.74) is 11.4. The molecule has 0 bridgehead atoms. The van der Waals surface area contributed by atoms with Crippen LogP contribution in [0.25, 0.3) is 0 Å². The number of halogens is 1. The lowest BCUT2D eigenvalue weighted by Gasteiger charge is -2.11. The van der Waals surface area contributed by atoms with Gasteiger partial charge in [0.25, 0.3) is 11.8 Å². The Morgan fingerprint density at radius 3 is 2.56 bits per heavy atom. The van der Waals surface area contributed by atoms with Crippen molar-refractivity contribution < 1.29 is 23.9 Å². The van der Waals surface area contributed by atoms with Crippen LogP contribution in [0.2, 0.25) is 5.02 Å². The minimum Gasteiger partial charge on any atom is -0.496 e. The smallest absolute Gasteiger partial charge is 0.340 e. The molecule has 0 saturated carbocycles. The number of para-hydroxylation sites is 1. The number of hydrogen-bond acceptors (Lipinski definition) is 6. The van der Waals surface area contributed by atoms with Crippen LogP contribution in [0.3, 0.4) is 0 Å². The SMILES string of the molecule is COc1ccc(Cl)cc1C(=O)NNC(=O)COC(=O)c1cccc(C)c1N. The van der Waals surface area contributed by atoms with Crippen molar-refractivity contribution in [3.05, 3.63) is 58.1 Å². The molecule has 0 aliphatic heterocycles. The number of carbonyl (C=O) groups is 3. The molecule has 0 heterocycles. The number of aryl methyl sites for hydroxylation is 1. The first kappa shape index (κ1) is 20.1. The van der Waals surface area contributed by atoms with Crippen LogP contribution in [0.1, 0.15) is 26.3 Å². The number of amides is 2. The summed E-state index contributed by atoms with van der Waals surface area (Å²) in [4.78, 5) is 35.9. The molecule has 8 nitrogen and oxygen atoms in total. The van der Waals surface area contributed by atoms with Gasteiger partial charge in [0, 0.05) is 10.7 Å². The maximum Gasteiger partial charge on any atom is 0.340 e. The maximum atomic E-state index is 12.1. The molecule has 0 aromatic heterocycles. The van der Waals surface area contributed by atoms with Gasteiger partial charge in [-0.25, -0.2) is 4.79 Å². The quantitative estimate of drug-likeness (QED) is 0.406. The number of nitrogens with two attached hydrogens (primary N) is 1. The van der Waals surface area contributed by atoms with Crippen molar-refractivity contribution in [1.82, 2.24) is 10.9 Å². The van der Waals surface area contributed by atoms with Gasteiger partial charge in [0.1, 0.15) is 5.75 Å². The summed E-state index contributed by atoms with van der Waals surface area (Å²) in [5.74, 6) is -1.83. The molecule has 2 aromatic rings. The molecule has 4 N–H and O–H groups in total. The Morgan fingerprint density at radius 1 is 1.11 bits per heavy atom. The van der Waals surface area contributed by atoms with Crippen molar-refractivity contribution in [2.24, 2.45) is 0 Å². The summed E-state index contributed by atoms with van der Waals surface area (Å²) in [6.45, 7) is 1.15. The topological polar surface area (TPSA) is 120 Å². The second-order valence-corrected chi connectivity index (χ2v) is 5.90. The van der Waals surface area contributed by atoms with E-state index in [1.807, 2.05) is 0 Å². The third kappa shape index (κ3) is 5.11. The van der Waals surface area contributed by atoms with Gasteiger partial charge in [0.15, 0.2) is 6.61 Å². The number of anilines is 1. The van der Waals surface area contributed by atoms with Gasteiger partial charge in [-0.05, 0) is 36.8 Å². The highest BCUT2D eigenvalue weighted by Gasteiger charge is 2.16. The van der Waals surface area contributed by atoms with Crippen molar-refractivity contribution in [3.8, 4) is 5.75 Å². The lowest BCUT2D eigenvalue weighted by atomic mass is 10.1. The van der Waals surface area contributed by atoms with Gasteiger partial charge in [-0.2, -0.15) is 0 Å². The number of methoxy groups -OCH3 is 1. The molecule has 27 heavy (non-hydrogen) atoms. The van der Waals surface area contributed by atoms with Gasteiger partial charge in [-0.3, -0.25) is 20.4 Å². The molecule has 2 amide bonds. The third-order valence-corrected chi connectivity index (χ3v) is 3.84. The van der Waals surface area contributed by atoms with Crippen LogP contribution in [0, 0.1) is 6.92 Å². The van der Waals surface area contributed by atoms with E-state index in [0.29, 0.717) is 5.02 Å². The van der Waals surface area contributed by atoms with Gasteiger partial charge < -0.3 is 15.2 Å². The number of rotatable bonds is 5. The van der Waals surface area contributed by atoms with Crippen LogP contribution in [0.15, 0.2) is 36.4 Å². The average molecular weight is 392 g/mol. The summed E-state index contributed by atoms with van der Waals surface area (Å²) in [7, 11) is 1.40. The first-order valence-corrected chi connectivity index (χ1v) is 8.16. The number of hydrazine groups is 1. The van der Waals surface area contributed by atoms with Gasteiger partial charge in [0.05, 0.1) is 18.2 Å². The average Bonchev–Trinajstić information content (AvgIpc) is 2.66. The normalized spacial score (nSPS) is 10.0. The van der Waals surface area contributed by atoms with E-state index in [1.165, 1.54) is 25.3 Å². The van der Waals surface area contributed by atoms with E-state index in [1.54, 1.807) is 25.1 Å². The molecule has 2 aromatic carbocycles. The van der Waals surface area contributed by atoms with Crippen LogP contribution in [-0.2, 0) is 9.53 Å². The molecule has 2 rings (SSSR count). The molecule has 142 valence electrons. The molecule has 0 fully saturated rings. The molecule has 9 heteroatoms. The molecule has 0 aliphatic rings. The number of carbonyl (C=O) groups excluding carboxylic acids is 3. The lowest BCUT2D eigenvalue weighted by Crippen LogP contribution is -2.43. The highest BCUT2D eigenvalue weighted by atomic mass is 35.5. The Hall–Kier alpha value is -3.26. The molecular weight excluding hydrogens is 374 g/mol. The van der Waals surface area contributed by atoms with Crippen LogP contribution >= 0.6 is 11.6 Å². The third-order valence-electron chi connectivity index (χ3n) is 3.60. The van der Waals surface area contributed by atoms with Crippen LogP contribution in [0.4, 0.5) is 5.69 Å². The summed E-state index contributed by atoms with van der Waals surface area (Å²) in [6.07, 6.45) is 0. The lowest BCUT2D eigenvalue weighted by molar-refractivity contribution is -0.125. The van der Waals surface area contributed by atoms with Crippen molar-refractivity contribution in [2.75, 3.05) is 19.5 Å². The van der Waals surface area contributed by atoms with Gasteiger partial charge in [0.2, 0.25) is 0 Å². The first-order valence-electron chi connectivity index (χ1n) is 7.78. The molecule has 0 unspecified atom stereocenters. The minimum absolute atomic E-state index is 0.134. The van der Waals surface area contributed by atoms with E-state index >= 15 is 0 Å². The minimum atomic E-state index is -0.741. The highest BCUT2D eigenvalue weighted by molar-refractivity contribution is 6.31. The highest BCUT2D eigenvalue weighted by Crippen LogP contribution is 2.22. The summed E-state index contributed by atoms with van der Waals surface area (Å²) in [6, 6.07) is 9.37. The number of hydrogen-bond donors (Lipinski definition) is 3. The molecule has 0 radical (unpaired) electrons. The Kier molecular flexibility index (Phi) is 6.62. The summed E-state index contributed by atoms with van der Waals surface area (Å²) in [5, 5.41) is 0.331. The Balaban J connectivity index is 1.89. The van der Waals surface area contributed by atoms with E-state index < -0.39 is 24.4 Å². The monoisotopic (exact) mass is 391 g/mol. The fourth-order valence-electron chi connectivity index (χ4n) is 2.16. The standard InChI is InChI=1S/C18H18ClN3O5/c1-10-4-3-5-12(16(10)20)18(25)27-9-15(23)21-22-17(24)13-8-11(19)6-7-14(13)26-2/h3-8H,9,20H2,1-2H3,(H,21,23)(H,22,24). The van der Waals surface area contributed by atoms with E-state index in [4.69, 9.17) is 26.8 Å². The fourth-order valence-corrected chi connectivity index (χ4v) is 2.33. The Morgan fingerprint density at radius 2 is 1.85 bits per heavy atom. The van der Waals surface area contributed by atoms with Crippen molar-refractivity contribution in [2.45, 2.75) is 6.92 Å². The number of ether oxygens (including phenoxy) is 2. The van der Waals surface area contributed by atoms with E-state index in [2.05, 4.69) is 10.9 Å². The first-order chi connectivity index (χ1) is 12.8. The van der Waals surface area contributed by atoms with Gasteiger partial charge in [-0.15, -0.1) is 0 Å². The maximum absolute atomic E-state index is 12.1. The second kappa shape index (κ2) is 8.91. The number of nitrogen functional groups attached to an aromatic ring is 1. The van der Waals surface area contributed by atoms with E-state index in [-0.39, 0.29) is 22.6 Å². The Labute approximate surface area is 160 Å². The predicted molar refractivity (Wildman–Crippen MR) is 99.5 cm³/mol. The van der Waals surface area contributed by atoms with Gasteiger partial charge >= 0.3 is 5.97 Å². The predicted octanol–water partition coefficient (Wildman–Crippen LogP) is 1.86. The molecule has 0 spiro atoms. The van der Waals surface area contributed by atoms with E-state index in [9.17, 15) is 14.4 Å². The van der Waals surface area contributed by atoms with E-state index in [0.717, 1.165) is 5.56 Å². The zero-order valence-electron chi connectivity index (χ0n) is 14.7. The largest absolute Gasteiger partial charge is 0.496 e. The molecular formula is C18H18ClN3O5. The second-order valence-electron chi connectivity index (χ2n) is 5.46. The molecule has 0 saturated heterocycles. The summed E-state index contributed by atoms with van der Waals surface area (Å²) >= 11 is 5.86. The number of nitrogens with one attached hydrogen (secondary N) is 2. The van der Waals surface area contributed by atoms with Gasteiger partial charge in [-0.1, -0.05) is 23.7 Å². The zero-order valence-corrected chi connectivity index (χ0v) is 15.4. The molecule has 0 atom stereocenters. The zero-order chi connectivity index (χ0) is 20.0. The van der Waals surface area contributed by atoms with Crippen molar-refractivity contribution in [1.29, 1.82) is 0 Å². The number of esters is 1.